The standard InChI is InChI=1S/C17H16Br2F2/c1-12-4-2-3-5-16(12)17(10-18,11-19)9-13-6-14(20)8-15(21)7-13/h2-8H,9-11H2,1H3. The molecular formula is C17H16Br2F2. The van der Waals surface area contributed by atoms with E-state index >= 15 is 0 Å². The van der Waals surface area contributed by atoms with E-state index in [1.807, 2.05) is 12.1 Å². The summed E-state index contributed by atoms with van der Waals surface area (Å²) in [4.78, 5) is 0. The Morgan fingerprint density at radius 1 is 0.952 bits per heavy atom. The number of aryl methyl sites for hydroxylation is 1. The lowest BCUT2D eigenvalue weighted by Crippen LogP contribution is -2.33. The van der Waals surface area contributed by atoms with Crippen molar-refractivity contribution >= 4 is 31.9 Å². The minimum atomic E-state index is -0.534. The lowest BCUT2D eigenvalue weighted by Gasteiger charge is -2.32. The first-order valence-electron chi connectivity index (χ1n) is 6.64. The van der Waals surface area contributed by atoms with Crippen LogP contribution in [-0.4, -0.2) is 10.7 Å². The maximum Gasteiger partial charge on any atom is 0.126 e. The zero-order chi connectivity index (χ0) is 15.5. The zero-order valence-corrected chi connectivity index (χ0v) is 14.8. The van der Waals surface area contributed by atoms with Gasteiger partial charge in [0, 0.05) is 22.1 Å². The summed E-state index contributed by atoms with van der Waals surface area (Å²) in [6.45, 7) is 2.06. The van der Waals surface area contributed by atoms with Crippen LogP contribution in [0.1, 0.15) is 16.7 Å². The molecule has 0 atom stereocenters. The molecule has 0 radical (unpaired) electrons. The summed E-state index contributed by atoms with van der Waals surface area (Å²) < 4.78 is 26.9. The third-order valence-electron chi connectivity index (χ3n) is 3.69. The minimum absolute atomic E-state index is 0.244. The molecule has 0 bridgehead atoms. The van der Waals surface area contributed by atoms with E-state index in [-0.39, 0.29) is 5.41 Å². The second-order valence-corrected chi connectivity index (χ2v) is 6.44. The first-order valence-corrected chi connectivity index (χ1v) is 8.88. The second kappa shape index (κ2) is 7.01. The van der Waals surface area contributed by atoms with Crippen LogP contribution in [0.3, 0.4) is 0 Å². The van der Waals surface area contributed by atoms with Gasteiger partial charge in [0.25, 0.3) is 0 Å². The Balaban J connectivity index is 2.45. The van der Waals surface area contributed by atoms with Crippen LogP contribution in [0.2, 0.25) is 0 Å². The van der Waals surface area contributed by atoms with Gasteiger partial charge in [0.2, 0.25) is 0 Å². The van der Waals surface area contributed by atoms with E-state index in [0.717, 1.165) is 6.07 Å². The van der Waals surface area contributed by atoms with E-state index in [9.17, 15) is 8.78 Å². The number of halogens is 4. The quantitative estimate of drug-likeness (QED) is 0.560. The number of alkyl halides is 2. The van der Waals surface area contributed by atoms with Crippen LogP contribution in [0, 0.1) is 18.6 Å². The van der Waals surface area contributed by atoms with Crippen LogP contribution < -0.4 is 0 Å². The molecular weight excluding hydrogens is 402 g/mol. The van der Waals surface area contributed by atoms with Gasteiger partial charge < -0.3 is 0 Å². The fraction of sp³-hybridized carbons (Fsp3) is 0.294. The molecule has 0 heterocycles. The summed E-state index contributed by atoms with van der Waals surface area (Å²) in [5.74, 6) is -1.07. The van der Waals surface area contributed by atoms with Gasteiger partial charge in [-0.1, -0.05) is 56.1 Å². The number of hydrogen-bond donors (Lipinski definition) is 0. The fourth-order valence-electron chi connectivity index (χ4n) is 2.64. The van der Waals surface area contributed by atoms with Crippen LogP contribution in [0.5, 0.6) is 0 Å². The van der Waals surface area contributed by atoms with Crippen molar-refractivity contribution in [1.29, 1.82) is 0 Å². The molecule has 2 aromatic rings. The van der Waals surface area contributed by atoms with Crippen molar-refractivity contribution in [2.75, 3.05) is 10.7 Å². The van der Waals surface area contributed by atoms with Gasteiger partial charge in [0.15, 0.2) is 0 Å². The zero-order valence-electron chi connectivity index (χ0n) is 11.7. The second-order valence-electron chi connectivity index (χ2n) is 5.32. The number of rotatable bonds is 5. The summed E-state index contributed by atoms with van der Waals surface area (Å²) in [6, 6.07) is 11.8. The molecule has 0 N–H and O–H groups in total. The molecule has 0 aliphatic heterocycles. The Labute approximate surface area is 140 Å². The number of benzene rings is 2. The predicted molar refractivity (Wildman–Crippen MR) is 90.5 cm³/mol. The molecule has 0 aliphatic carbocycles. The minimum Gasteiger partial charge on any atom is -0.207 e. The number of hydrogen-bond acceptors (Lipinski definition) is 0. The molecule has 0 saturated carbocycles. The maximum absolute atomic E-state index is 13.4. The molecule has 2 rings (SSSR count). The Morgan fingerprint density at radius 2 is 1.52 bits per heavy atom. The summed E-state index contributed by atoms with van der Waals surface area (Å²) in [7, 11) is 0. The monoisotopic (exact) mass is 416 g/mol. The van der Waals surface area contributed by atoms with Crippen LogP contribution in [-0.2, 0) is 11.8 Å². The molecule has 112 valence electrons. The summed E-state index contributed by atoms with van der Waals surface area (Å²) in [5, 5.41) is 1.41. The highest BCUT2D eigenvalue weighted by atomic mass is 79.9. The van der Waals surface area contributed by atoms with Gasteiger partial charge in [-0.15, -0.1) is 0 Å². The first-order chi connectivity index (χ1) is 10.0. The van der Waals surface area contributed by atoms with Gasteiger partial charge in [-0.25, -0.2) is 8.78 Å². The van der Waals surface area contributed by atoms with Gasteiger partial charge in [-0.2, -0.15) is 0 Å². The average Bonchev–Trinajstić information content (AvgIpc) is 2.44. The van der Waals surface area contributed by atoms with Crippen molar-refractivity contribution in [3.63, 3.8) is 0 Å². The largest absolute Gasteiger partial charge is 0.207 e. The van der Waals surface area contributed by atoms with E-state index in [0.29, 0.717) is 22.6 Å². The van der Waals surface area contributed by atoms with Crippen molar-refractivity contribution in [1.82, 2.24) is 0 Å². The molecule has 0 spiro atoms. The van der Waals surface area contributed by atoms with E-state index in [2.05, 4.69) is 50.9 Å². The molecule has 0 aromatic heterocycles. The molecule has 0 aliphatic rings. The summed E-state index contributed by atoms with van der Waals surface area (Å²) in [6.07, 6.45) is 0.559. The predicted octanol–water partition coefficient (Wildman–Crippen LogP) is 5.54. The molecule has 21 heavy (non-hydrogen) atoms. The van der Waals surface area contributed by atoms with Crippen molar-refractivity contribution in [2.24, 2.45) is 0 Å². The molecule has 0 saturated heterocycles. The van der Waals surface area contributed by atoms with Gasteiger partial charge in [-0.3, -0.25) is 0 Å². The lowest BCUT2D eigenvalue weighted by atomic mass is 9.77. The van der Waals surface area contributed by atoms with Gasteiger partial charge >= 0.3 is 0 Å². The Kier molecular flexibility index (Phi) is 5.55. The van der Waals surface area contributed by atoms with Crippen molar-refractivity contribution in [3.8, 4) is 0 Å². The third-order valence-corrected chi connectivity index (χ3v) is 5.84. The third kappa shape index (κ3) is 3.72. The highest BCUT2D eigenvalue weighted by molar-refractivity contribution is 9.09. The Bertz CT molecular complexity index is 602. The summed E-state index contributed by atoms with van der Waals surface area (Å²) >= 11 is 7.16. The molecule has 4 heteroatoms. The normalized spacial score (nSPS) is 11.7. The molecule has 0 nitrogen and oxygen atoms in total. The first kappa shape index (κ1) is 16.6. The van der Waals surface area contributed by atoms with Crippen LogP contribution in [0.15, 0.2) is 42.5 Å². The maximum atomic E-state index is 13.4. The molecule has 0 fully saturated rings. The Morgan fingerprint density at radius 3 is 2.05 bits per heavy atom. The van der Waals surface area contributed by atoms with E-state index in [4.69, 9.17) is 0 Å². The summed E-state index contributed by atoms with van der Waals surface area (Å²) in [5.41, 5.74) is 2.78. The van der Waals surface area contributed by atoms with Crippen LogP contribution in [0.25, 0.3) is 0 Å². The molecule has 0 unspecified atom stereocenters. The topological polar surface area (TPSA) is 0 Å². The van der Waals surface area contributed by atoms with Crippen molar-refractivity contribution in [3.05, 3.63) is 70.8 Å². The smallest absolute Gasteiger partial charge is 0.126 e. The van der Waals surface area contributed by atoms with Crippen LogP contribution >= 0.6 is 31.9 Å². The average molecular weight is 418 g/mol. The van der Waals surface area contributed by atoms with Gasteiger partial charge in [-0.05, 0) is 42.2 Å². The highest BCUT2D eigenvalue weighted by Gasteiger charge is 2.32. The molecule has 2 aromatic carbocycles. The van der Waals surface area contributed by atoms with Crippen LogP contribution in [0.4, 0.5) is 8.78 Å². The van der Waals surface area contributed by atoms with E-state index in [1.54, 1.807) is 0 Å². The Hall–Kier alpha value is -0.740. The van der Waals surface area contributed by atoms with E-state index < -0.39 is 11.6 Å². The lowest BCUT2D eigenvalue weighted by molar-refractivity contribution is 0.534. The highest BCUT2D eigenvalue weighted by Crippen LogP contribution is 2.35. The van der Waals surface area contributed by atoms with Gasteiger partial charge in [0.1, 0.15) is 11.6 Å². The van der Waals surface area contributed by atoms with Gasteiger partial charge in [0.05, 0.1) is 0 Å². The van der Waals surface area contributed by atoms with Crippen molar-refractivity contribution in [2.45, 2.75) is 18.8 Å². The fourth-order valence-corrected chi connectivity index (χ4v) is 4.57. The van der Waals surface area contributed by atoms with Crippen molar-refractivity contribution < 1.29 is 8.78 Å². The SMILES string of the molecule is Cc1ccccc1C(CBr)(CBr)Cc1cc(F)cc(F)c1. The molecule has 0 amide bonds. The van der Waals surface area contributed by atoms with E-state index in [1.165, 1.54) is 23.3 Å².